The Morgan fingerprint density at radius 3 is 2.92 bits per heavy atom. The monoisotopic (exact) mass is 162 g/mol. The molecule has 0 aromatic carbocycles. The lowest BCUT2D eigenvalue weighted by Gasteiger charge is -1.96. The van der Waals surface area contributed by atoms with E-state index in [0.29, 0.717) is 11.6 Å². The second-order valence-corrected chi connectivity index (χ2v) is 2.47. The maximum atomic E-state index is 5.53. The molecule has 0 atom stereocenters. The maximum Gasteiger partial charge on any atom is 0.128 e. The zero-order chi connectivity index (χ0) is 8.97. The second kappa shape index (κ2) is 3.85. The van der Waals surface area contributed by atoms with E-state index in [0.717, 1.165) is 12.1 Å². The van der Waals surface area contributed by atoms with Crippen molar-refractivity contribution >= 4 is 11.9 Å². The average molecular weight is 162 g/mol. The molecular formula is C9H12N3. The van der Waals surface area contributed by atoms with E-state index in [4.69, 9.17) is 5.73 Å². The van der Waals surface area contributed by atoms with Crippen LogP contribution in [0.3, 0.4) is 0 Å². The largest absolute Gasteiger partial charge is 0.384 e. The summed E-state index contributed by atoms with van der Waals surface area (Å²) in [6.45, 7) is 3.84. The number of allylic oxidation sites excluding steroid dienone is 1. The van der Waals surface area contributed by atoms with Crippen molar-refractivity contribution in [3.63, 3.8) is 0 Å². The van der Waals surface area contributed by atoms with Crippen molar-refractivity contribution in [3.05, 3.63) is 23.7 Å². The maximum absolute atomic E-state index is 5.53. The third-order valence-corrected chi connectivity index (χ3v) is 1.33. The van der Waals surface area contributed by atoms with E-state index >= 15 is 0 Å². The molecule has 0 aliphatic carbocycles. The summed E-state index contributed by atoms with van der Waals surface area (Å²) in [5.41, 5.74) is 6.35. The predicted molar refractivity (Wildman–Crippen MR) is 49.2 cm³/mol. The van der Waals surface area contributed by atoms with Gasteiger partial charge in [-0.1, -0.05) is 6.92 Å². The van der Waals surface area contributed by atoms with Crippen molar-refractivity contribution < 1.29 is 0 Å². The van der Waals surface area contributed by atoms with Crippen molar-refractivity contribution in [2.45, 2.75) is 20.3 Å². The van der Waals surface area contributed by atoms with Crippen molar-refractivity contribution in [3.8, 4) is 0 Å². The number of hydrogen-bond donors (Lipinski definition) is 1. The molecule has 0 saturated heterocycles. The lowest BCUT2D eigenvalue weighted by Crippen LogP contribution is -1.96. The molecule has 0 unspecified atom stereocenters. The summed E-state index contributed by atoms with van der Waals surface area (Å²) in [5.74, 6) is 1.20. The summed E-state index contributed by atoms with van der Waals surface area (Å²) in [6, 6.07) is 1.73. The van der Waals surface area contributed by atoms with Crippen LogP contribution in [-0.4, -0.2) is 9.97 Å². The topological polar surface area (TPSA) is 51.8 Å². The third-order valence-electron chi connectivity index (χ3n) is 1.33. The molecule has 0 aliphatic heterocycles. The Balaban J connectivity index is 2.93. The molecule has 12 heavy (non-hydrogen) atoms. The smallest absolute Gasteiger partial charge is 0.128 e. The number of aromatic nitrogens is 2. The van der Waals surface area contributed by atoms with Gasteiger partial charge in [-0.05, 0) is 25.5 Å². The van der Waals surface area contributed by atoms with Crippen molar-refractivity contribution in [2.24, 2.45) is 0 Å². The fourth-order valence-electron chi connectivity index (χ4n) is 0.895. The first kappa shape index (κ1) is 8.71. The Morgan fingerprint density at radius 1 is 1.58 bits per heavy atom. The van der Waals surface area contributed by atoms with Gasteiger partial charge in [-0.3, -0.25) is 0 Å². The molecule has 63 valence electrons. The zero-order valence-corrected chi connectivity index (χ0v) is 7.33. The van der Waals surface area contributed by atoms with E-state index < -0.39 is 0 Å². The van der Waals surface area contributed by atoms with E-state index in [1.807, 2.05) is 19.9 Å². The van der Waals surface area contributed by atoms with Gasteiger partial charge in [-0.15, -0.1) is 0 Å². The van der Waals surface area contributed by atoms with Gasteiger partial charge in [0.2, 0.25) is 0 Å². The van der Waals surface area contributed by atoms with Crippen molar-refractivity contribution in [2.75, 3.05) is 5.73 Å². The number of nitrogens with zero attached hydrogens (tertiary/aromatic N) is 2. The van der Waals surface area contributed by atoms with Gasteiger partial charge in [-0.25, -0.2) is 9.97 Å². The molecule has 0 fully saturated rings. The minimum Gasteiger partial charge on any atom is -0.384 e. The van der Waals surface area contributed by atoms with Crippen LogP contribution in [-0.2, 0) is 0 Å². The van der Waals surface area contributed by atoms with E-state index in [2.05, 4.69) is 16.0 Å². The molecule has 2 N–H and O–H groups in total. The predicted octanol–water partition coefficient (Wildman–Crippen LogP) is 1.59. The highest BCUT2D eigenvalue weighted by molar-refractivity contribution is 5.47. The van der Waals surface area contributed by atoms with Gasteiger partial charge in [0, 0.05) is 6.07 Å². The quantitative estimate of drug-likeness (QED) is 0.718. The summed E-state index contributed by atoms with van der Waals surface area (Å²) in [5, 5.41) is 0. The molecule has 1 aromatic rings. The molecule has 0 amide bonds. The highest BCUT2D eigenvalue weighted by Crippen LogP contribution is 2.04. The number of nitrogen functional groups attached to an aromatic ring is 1. The molecule has 3 heteroatoms. The van der Waals surface area contributed by atoms with Crippen LogP contribution in [0.2, 0.25) is 0 Å². The molecule has 1 aromatic heterocycles. The standard InChI is InChI=1S/C9H12N3/c1-3-4-5-8-6-9(10)12-7(2)11-8/h5-6H,3H2,1-2H3,(H2,10,11,12). The molecule has 3 nitrogen and oxygen atoms in total. The molecule has 0 spiro atoms. The fourth-order valence-corrected chi connectivity index (χ4v) is 0.895. The first-order valence-corrected chi connectivity index (χ1v) is 3.90. The number of nitrogens with two attached hydrogens (primary N) is 1. The average Bonchev–Trinajstić information content (AvgIpc) is 1.99. The first-order chi connectivity index (χ1) is 5.72. The zero-order valence-electron chi connectivity index (χ0n) is 7.33. The van der Waals surface area contributed by atoms with Crippen LogP contribution < -0.4 is 5.73 Å². The summed E-state index contributed by atoms with van der Waals surface area (Å²) < 4.78 is 0. The summed E-state index contributed by atoms with van der Waals surface area (Å²) >= 11 is 0. The van der Waals surface area contributed by atoms with Gasteiger partial charge >= 0.3 is 0 Å². The minimum atomic E-state index is 0.506. The van der Waals surface area contributed by atoms with Crippen LogP contribution in [0, 0.1) is 13.0 Å². The van der Waals surface area contributed by atoms with Gasteiger partial charge in [0.1, 0.15) is 11.6 Å². The van der Waals surface area contributed by atoms with Crippen LogP contribution in [0.4, 0.5) is 5.82 Å². The van der Waals surface area contributed by atoms with Crippen LogP contribution >= 0.6 is 0 Å². The number of anilines is 1. The summed E-state index contributed by atoms with van der Waals surface area (Å²) in [7, 11) is 0. The summed E-state index contributed by atoms with van der Waals surface area (Å²) in [6.07, 6.45) is 5.75. The van der Waals surface area contributed by atoms with Gasteiger partial charge in [0.15, 0.2) is 0 Å². The highest BCUT2D eigenvalue weighted by Gasteiger charge is 1.94. The molecule has 0 bridgehead atoms. The molecule has 0 saturated carbocycles. The highest BCUT2D eigenvalue weighted by atomic mass is 14.9. The third kappa shape index (κ3) is 2.34. The fraction of sp³-hybridized carbons (Fsp3) is 0.333. The first-order valence-electron chi connectivity index (χ1n) is 3.90. The molecule has 1 heterocycles. The van der Waals surface area contributed by atoms with Crippen molar-refractivity contribution in [1.29, 1.82) is 0 Å². The van der Waals surface area contributed by atoms with Crippen LogP contribution in [0.15, 0.2) is 6.07 Å². The molecule has 1 rings (SSSR count). The van der Waals surface area contributed by atoms with Gasteiger partial charge in [0.25, 0.3) is 0 Å². The van der Waals surface area contributed by atoms with E-state index in [1.165, 1.54) is 0 Å². The Morgan fingerprint density at radius 2 is 2.33 bits per heavy atom. The van der Waals surface area contributed by atoms with Gasteiger partial charge in [0.05, 0.1) is 5.69 Å². The Labute approximate surface area is 72.3 Å². The van der Waals surface area contributed by atoms with E-state index in [1.54, 1.807) is 6.07 Å². The van der Waals surface area contributed by atoms with Crippen LogP contribution in [0.5, 0.6) is 0 Å². The Kier molecular flexibility index (Phi) is 2.80. The summed E-state index contributed by atoms with van der Waals surface area (Å²) in [4.78, 5) is 8.12. The van der Waals surface area contributed by atoms with E-state index in [9.17, 15) is 0 Å². The molecule has 1 radical (unpaired) electrons. The lowest BCUT2D eigenvalue weighted by molar-refractivity contribution is 1.05. The lowest BCUT2D eigenvalue weighted by atomic mass is 10.3. The van der Waals surface area contributed by atoms with Gasteiger partial charge < -0.3 is 5.73 Å². The van der Waals surface area contributed by atoms with Crippen LogP contribution in [0.1, 0.15) is 24.9 Å². The van der Waals surface area contributed by atoms with E-state index in [-0.39, 0.29) is 0 Å². The normalized spacial score (nSPS) is 10.8. The Bertz CT molecular complexity index is 272. The number of rotatable bonds is 2. The second-order valence-electron chi connectivity index (χ2n) is 2.47. The molecular weight excluding hydrogens is 150 g/mol. The van der Waals surface area contributed by atoms with Crippen LogP contribution in [0.25, 0.3) is 6.08 Å². The number of hydrogen-bond acceptors (Lipinski definition) is 3. The molecule has 0 aliphatic rings. The Hall–Kier alpha value is -1.38. The SMILES string of the molecule is CC[C]=Cc1cc(N)nc(C)n1. The number of aryl methyl sites for hydroxylation is 1. The van der Waals surface area contributed by atoms with Crippen molar-refractivity contribution in [1.82, 2.24) is 9.97 Å². The minimum absolute atomic E-state index is 0.506. The van der Waals surface area contributed by atoms with Gasteiger partial charge in [-0.2, -0.15) is 0 Å².